The molecule has 1 aliphatic rings. The summed E-state index contributed by atoms with van der Waals surface area (Å²) in [6.07, 6.45) is 4.07. The van der Waals surface area contributed by atoms with Gasteiger partial charge in [0.15, 0.2) is 0 Å². The number of aromatic nitrogens is 1. The number of para-hydroxylation sites is 3. The van der Waals surface area contributed by atoms with Gasteiger partial charge in [-0.1, -0.05) is 66.7 Å². The second kappa shape index (κ2) is 8.16. The van der Waals surface area contributed by atoms with Crippen LogP contribution in [0.3, 0.4) is 0 Å². The average molecular weight is 445 g/mol. The molecule has 5 aromatic rings. The Bertz CT molecular complexity index is 1550. The van der Waals surface area contributed by atoms with Gasteiger partial charge in [0.25, 0.3) is 5.91 Å². The number of hydrogen-bond acceptors (Lipinski definition) is 1. The molecular weight excluding hydrogens is 423 g/mol. The molecule has 1 amide bonds. The van der Waals surface area contributed by atoms with Crippen molar-refractivity contribution in [3.05, 3.63) is 132 Å². The van der Waals surface area contributed by atoms with E-state index in [2.05, 4.69) is 22.9 Å². The first kappa shape index (κ1) is 20.2. The number of nitrogens with zero attached hydrogens (tertiary/aromatic N) is 2. The smallest absolute Gasteiger partial charge is 0.263 e. The third-order valence-corrected chi connectivity index (χ3v) is 6.27. The number of halogens is 1. The molecule has 0 spiro atoms. The SMILES string of the molecule is O=C1C(=Cc2cn(Cc3ccc(F)cc3)c3ccccc23)c2ccccc2N1c1ccccc1. The molecule has 0 aliphatic carbocycles. The minimum absolute atomic E-state index is 0.0391. The number of amides is 1. The summed E-state index contributed by atoms with van der Waals surface area (Å²) >= 11 is 0. The Kier molecular flexibility index (Phi) is 4.84. The lowest BCUT2D eigenvalue weighted by molar-refractivity contribution is -0.112. The van der Waals surface area contributed by atoms with Crippen LogP contribution in [0.4, 0.5) is 15.8 Å². The molecule has 3 nitrogen and oxygen atoms in total. The van der Waals surface area contributed by atoms with Gasteiger partial charge >= 0.3 is 0 Å². The molecule has 4 aromatic carbocycles. The monoisotopic (exact) mass is 444 g/mol. The van der Waals surface area contributed by atoms with Gasteiger partial charge in [-0.2, -0.15) is 0 Å². The molecule has 2 heterocycles. The molecule has 0 atom stereocenters. The molecule has 6 rings (SSSR count). The molecule has 0 fully saturated rings. The number of benzene rings is 4. The number of hydrogen-bond donors (Lipinski definition) is 0. The van der Waals surface area contributed by atoms with Crippen molar-refractivity contribution in [2.45, 2.75) is 6.54 Å². The zero-order valence-electron chi connectivity index (χ0n) is 18.4. The van der Waals surface area contributed by atoms with Crippen molar-refractivity contribution in [3.8, 4) is 0 Å². The van der Waals surface area contributed by atoms with Crippen molar-refractivity contribution in [2.24, 2.45) is 0 Å². The van der Waals surface area contributed by atoms with Gasteiger partial charge in [-0.15, -0.1) is 0 Å². The maximum absolute atomic E-state index is 13.6. The number of carbonyl (C=O) groups is 1. The molecule has 0 N–H and O–H groups in total. The summed E-state index contributed by atoms with van der Waals surface area (Å²) in [5, 5.41) is 1.07. The highest BCUT2D eigenvalue weighted by molar-refractivity contribution is 6.38. The van der Waals surface area contributed by atoms with E-state index in [0.29, 0.717) is 12.1 Å². The van der Waals surface area contributed by atoms with Crippen LogP contribution in [-0.2, 0) is 11.3 Å². The zero-order chi connectivity index (χ0) is 23.1. The largest absolute Gasteiger partial charge is 0.342 e. The number of carbonyl (C=O) groups excluding carboxylic acids is 1. The van der Waals surface area contributed by atoms with Gasteiger partial charge in [-0.3, -0.25) is 9.69 Å². The first-order valence-electron chi connectivity index (χ1n) is 11.2. The molecule has 164 valence electrons. The number of fused-ring (bicyclic) bond motifs is 2. The molecule has 0 unspecified atom stereocenters. The standard InChI is InChI=1S/C30H21FN2O/c31-23-16-14-21(15-17-23)19-32-20-22(25-10-4-6-12-28(25)32)18-27-26-11-5-7-13-29(26)33(30(27)34)24-8-2-1-3-9-24/h1-18,20H,19H2. The van der Waals surface area contributed by atoms with Gasteiger partial charge in [0.2, 0.25) is 0 Å². The fourth-order valence-corrected chi connectivity index (χ4v) is 4.68. The van der Waals surface area contributed by atoms with E-state index in [9.17, 15) is 9.18 Å². The molecule has 4 heteroatoms. The average Bonchev–Trinajstić information content (AvgIpc) is 3.36. The van der Waals surface area contributed by atoms with Crippen molar-refractivity contribution >= 4 is 39.8 Å². The summed E-state index contributed by atoms with van der Waals surface area (Å²) in [6, 6.07) is 32.4. The highest BCUT2D eigenvalue weighted by Gasteiger charge is 2.33. The van der Waals surface area contributed by atoms with E-state index in [-0.39, 0.29) is 11.7 Å². The lowest BCUT2D eigenvalue weighted by Gasteiger charge is -2.16. The minimum atomic E-state index is -0.243. The predicted molar refractivity (Wildman–Crippen MR) is 135 cm³/mol. The van der Waals surface area contributed by atoms with Crippen molar-refractivity contribution in [2.75, 3.05) is 4.90 Å². The second-order valence-corrected chi connectivity index (χ2v) is 8.41. The number of rotatable bonds is 4. The Labute approximate surface area is 197 Å². The maximum Gasteiger partial charge on any atom is 0.263 e. The summed E-state index contributed by atoms with van der Waals surface area (Å²) in [7, 11) is 0. The molecule has 0 saturated heterocycles. The van der Waals surface area contributed by atoms with Crippen LogP contribution in [0.25, 0.3) is 22.6 Å². The van der Waals surface area contributed by atoms with Crippen LogP contribution in [0.5, 0.6) is 0 Å². The summed E-state index contributed by atoms with van der Waals surface area (Å²) in [5.74, 6) is -0.282. The van der Waals surface area contributed by atoms with Crippen LogP contribution in [0.15, 0.2) is 109 Å². The third kappa shape index (κ3) is 3.41. The lowest BCUT2D eigenvalue weighted by Crippen LogP contribution is -2.20. The molecule has 0 saturated carbocycles. The van der Waals surface area contributed by atoms with Gasteiger partial charge in [0.1, 0.15) is 5.82 Å². The number of anilines is 2. The molecular formula is C30H21FN2O. The fourth-order valence-electron chi connectivity index (χ4n) is 4.68. The van der Waals surface area contributed by atoms with Gasteiger partial charge in [-0.25, -0.2) is 4.39 Å². The van der Waals surface area contributed by atoms with Gasteiger partial charge in [0, 0.05) is 40.5 Å². The van der Waals surface area contributed by atoms with Crippen LogP contribution >= 0.6 is 0 Å². The van der Waals surface area contributed by atoms with Crippen molar-refractivity contribution < 1.29 is 9.18 Å². The quantitative estimate of drug-likeness (QED) is 0.273. The highest BCUT2D eigenvalue weighted by atomic mass is 19.1. The van der Waals surface area contributed by atoms with Crippen molar-refractivity contribution in [3.63, 3.8) is 0 Å². The lowest BCUT2D eigenvalue weighted by atomic mass is 10.0. The van der Waals surface area contributed by atoms with E-state index in [1.165, 1.54) is 12.1 Å². The summed E-state index contributed by atoms with van der Waals surface area (Å²) < 4.78 is 15.5. The van der Waals surface area contributed by atoms with Crippen LogP contribution in [-0.4, -0.2) is 10.5 Å². The molecule has 0 radical (unpaired) electrons. The normalized spacial score (nSPS) is 14.2. The highest BCUT2D eigenvalue weighted by Crippen LogP contribution is 2.42. The fraction of sp³-hybridized carbons (Fsp3) is 0.0333. The molecule has 0 bridgehead atoms. The predicted octanol–water partition coefficient (Wildman–Crippen LogP) is 7.05. The van der Waals surface area contributed by atoms with E-state index in [1.807, 2.05) is 72.8 Å². The summed E-state index contributed by atoms with van der Waals surface area (Å²) in [6.45, 7) is 0.616. The first-order valence-corrected chi connectivity index (χ1v) is 11.2. The molecule has 1 aliphatic heterocycles. The summed E-state index contributed by atoms with van der Waals surface area (Å²) in [5.41, 5.74) is 6.39. The van der Waals surface area contributed by atoms with Gasteiger partial charge < -0.3 is 4.57 Å². The van der Waals surface area contributed by atoms with Crippen molar-refractivity contribution in [1.29, 1.82) is 0 Å². The minimum Gasteiger partial charge on any atom is -0.342 e. The zero-order valence-corrected chi connectivity index (χ0v) is 18.4. The van der Waals surface area contributed by atoms with E-state index in [1.54, 1.807) is 17.0 Å². The van der Waals surface area contributed by atoms with E-state index in [4.69, 9.17) is 0 Å². The molecule has 1 aromatic heterocycles. The summed E-state index contributed by atoms with van der Waals surface area (Å²) in [4.78, 5) is 15.4. The Balaban J connectivity index is 1.47. The van der Waals surface area contributed by atoms with E-state index >= 15 is 0 Å². The van der Waals surface area contributed by atoms with E-state index in [0.717, 1.165) is 39.0 Å². The second-order valence-electron chi connectivity index (χ2n) is 8.41. The topological polar surface area (TPSA) is 25.2 Å². The Hall–Kier alpha value is -4.44. The van der Waals surface area contributed by atoms with Gasteiger partial charge in [0.05, 0.1) is 11.3 Å². The third-order valence-electron chi connectivity index (χ3n) is 6.27. The van der Waals surface area contributed by atoms with Gasteiger partial charge in [-0.05, 0) is 48.0 Å². The Morgan fingerprint density at radius 3 is 2.29 bits per heavy atom. The molecule has 34 heavy (non-hydrogen) atoms. The van der Waals surface area contributed by atoms with E-state index < -0.39 is 0 Å². The Morgan fingerprint density at radius 2 is 1.47 bits per heavy atom. The first-order chi connectivity index (χ1) is 16.7. The van der Waals surface area contributed by atoms with Crippen LogP contribution in [0.2, 0.25) is 0 Å². The van der Waals surface area contributed by atoms with Crippen molar-refractivity contribution in [1.82, 2.24) is 4.57 Å². The van der Waals surface area contributed by atoms with Crippen LogP contribution < -0.4 is 4.90 Å². The Morgan fingerprint density at radius 1 is 0.765 bits per heavy atom. The van der Waals surface area contributed by atoms with Crippen LogP contribution in [0.1, 0.15) is 16.7 Å². The van der Waals surface area contributed by atoms with Crippen LogP contribution in [0, 0.1) is 5.82 Å². The maximum atomic E-state index is 13.6.